The van der Waals surface area contributed by atoms with Gasteiger partial charge in [-0.25, -0.2) is 9.69 Å². The number of hydrogen-bond donors (Lipinski definition) is 2. The number of nitrogens with zero attached hydrogens (tertiary/aromatic N) is 3. The molecule has 0 unspecified atom stereocenters. The molecule has 0 radical (unpaired) electrons. The van der Waals surface area contributed by atoms with Gasteiger partial charge in [0.05, 0.1) is 13.1 Å². The smallest absolute Gasteiger partial charge is 0.333 e. The summed E-state index contributed by atoms with van der Waals surface area (Å²) in [5.41, 5.74) is 10.4. The van der Waals surface area contributed by atoms with Crippen LogP contribution >= 0.6 is 0 Å². The van der Waals surface area contributed by atoms with Crippen molar-refractivity contribution in [3.05, 3.63) is 218 Å². The maximum atomic E-state index is 11.3. The second kappa shape index (κ2) is 17.3. The zero-order valence-electron chi connectivity index (χ0n) is 32.3. The highest BCUT2D eigenvalue weighted by atomic mass is 16.4. The second-order valence-corrected chi connectivity index (χ2v) is 14.1. The topological polar surface area (TPSA) is 86.6 Å². The van der Waals surface area contributed by atoms with Crippen molar-refractivity contribution in [2.75, 3.05) is 4.90 Å². The summed E-state index contributed by atoms with van der Waals surface area (Å²) < 4.78 is 0. The van der Waals surface area contributed by atoms with Gasteiger partial charge in [0.2, 0.25) is 0 Å². The first-order valence-electron chi connectivity index (χ1n) is 18.7. The Morgan fingerprint density at radius 1 is 0.475 bits per heavy atom. The lowest BCUT2D eigenvalue weighted by Gasteiger charge is -2.27. The number of aryl methyl sites for hydroxylation is 2. The largest absolute Gasteiger partial charge is 0.486 e. The quantitative estimate of drug-likeness (QED) is 0.0777. The predicted octanol–water partition coefficient (Wildman–Crippen LogP) is 13.1. The number of rotatable bonds is 11. The van der Waals surface area contributed by atoms with Crippen LogP contribution in [0.4, 0.5) is 17.1 Å². The van der Waals surface area contributed by atoms with Crippen molar-refractivity contribution < 1.29 is 19.8 Å². The van der Waals surface area contributed by atoms with Crippen LogP contribution in [0.1, 0.15) is 44.5 Å². The fraction of sp³-hybridized carbons (Fsp3) is 0.0385. The number of carboxylic acids is 2. The van der Waals surface area contributed by atoms with Gasteiger partial charge in [-0.2, -0.15) is 0 Å². The predicted molar refractivity (Wildman–Crippen MR) is 241 cm³/mol. The summed E-state index contributed by atoms with van der Waals surface area (Å²) in [5, 5.41) is 22.4. The second-order valence-electron chi connectivity index (χ2n) is 14.1. The van der Waals surface area contributed by atoms with Crippen molar-refractivity contribution in [3.63, 3.8) is 0 Å². The molecule has 7 aromatic rings. The first-order chi connectivity index (χ1) is 28.6. The molecule has 0 heterocycles. The highest BCUT2D eigenvalue weighted by Crippen LogP contribution is 2.37. The Morgan fingerprint density at radius 3 is 1.20 bits per heavy atom. The minimum Gasteiger partial charge on any atom is -0.486 e. The van der Waals surface area contributed by atoms with Crippen LogP contribution in [0.15, 0.2) is 151 Å². The van der Waals surface area contributed by atoms with Crippen LogP contribution in [0.3, 0.4) is 0 Å². The minimum absolute atomic E-state index is 0.320. The third-order valence-electron chi connectivity index (χ3n) is 9.89. The summed E-state index contributed by atoms with van der Waals surface area (Å²) >= 11 is 0. The van der Waals surface area contributed by atoms with E-state index >= 15 is 0 Å². The maximum absolute atomic E-state index is 11.3. The lowest BCUT2D eigenvalue weighted by Crippen LogP contribution is -2.11. The van der Waals surface area contributed by atoms with Gasteiger partial charge < -0.3 is 15.1 Å². The van der Waals surface area contributed by atoms with Gasteiger partial charge in [0.25, 0.3) is 11.4 Å². The molecule has 0 fully saturated rings. The van der Waals surface area contributed by atoms with Gasteiger partial charge in [0.1, 0.15) is 0 Å². The SMILES string of the molecule is [C-]#[N+]/C(=C\c1ccc2cc(/C=C/c3ccc(N(c4ccc(/C=C/c5ccc6cc(/C=C(\[N+]#[C-])C(=O)O)ccc6c5)cc4)c4ccc(C)cc4C)cc3)ccc2c1)C(=O)O. The van der Waals surface area contributed by atoms with Crippen molar-refractivity contribution in [2.45, 2.75) is 13.8 Å². The van der Waals surface area contributed by atoms with Gasteiger partial charge in [-0.05, 0) is 141 Å². The van der Waals surface area contributed by atoms with Gasteiger partial charge in [-0.15, -0.1) is 0 Å². The first kappa shape index (κ1) is 39.0. The fourth-order valence-electron chi connectivity index (χ4n) is 6.89. The van der Waals surface area contributed by atoms with E-state index in [0.29, 0.717) is 11.1 Å². The Hall–Kier alpha value is -8.26. The molecule has 7 aromatic carbocycles. The number of fused-ring (bicyclic) bond motifs is 2. The molecule has 0 aliphatic carbocycles. The van der Waals surface area contributed by atoms with Gasteiger partial charge in [-0.3, -0.25) is 9.59 Å². The van der Waals surface area contributed by atoms with E-state index in [1.165, 1.54) is 23.3 Å². The number of carboxylic acid groups (broad SMARTS) is 2. The van der Waals surface area contributed by atoms with Crippen LogP contribution in [0.5, 0.6) is 0 Å². The third-order valence-corrected chi connectivity index (χ3v) is 9.89. The third kappa shape index (κ3) is 9.24. The summed E-state index contributed by atoms with van der Waals surface area (Å²) in [5.74, 6) is -2.48. The Labute approximate surface area is 342 Å². The molecular weight excluding hydrogens is 731 g/mol. The molecule has 7 rings (SSSR count). The van der Waals surface area contributed by atoms with E-state index in [1.54, 1.807) is 0 Å². The van der Waals surface area contributed by atoms with Crippen molar-refractivity contribution in [1.29, 1.82) is 0 Å². The summed E-state index contributed by atoms with van der Waals surface area (Å²) in [7, 11) is 0. The van der Waals surface area contributed by atoms with E-state index < -0.39 is 11.9 Å². The van der Waals surface area contributed by atoms with Crippen LogP contribution < -0.4 is 4.90 Å². The van der Waals surface area contributed by atoms with Crippen molar-refractivity contribution in [3.8, 4) is 0 Å². The van der Waals surface area contributed by atoms with Crippen LogP contribution in [-0.2, 0) is 9.59 Å². The number of anilines is 3. The molecule has 0 aliphatic heterocycles. The Morgan fingerprint density at radius 2 is 0.831 bits per heavy atom. The van der Waals surface area contributed by atoms with Gasteiger partial charge >= 0.3 is 11.9 Å². The molecule has 59 heavy (non-hydrogen) atoms. The van der Waals surface area contributed by atoms with Crippen molar-refractivity contribution >= 4 is 87.0 Å². The Kier molecular flexibility index (Phi) is 11.4. The summed E-state index contributed by atoms with van der Waals surface area (Å²) in [6, 6.07) is 46.9. The number of carbonyl (C=O) groups is 2. The summed E-state index contributed by atoms with van der Waals surface area (Å²) in [6.45, 7) is 18.4. The van der Waals surface area contributed by atoms with Gasteiger partial charge in [-0.1, -0.05) is 115 Å². The highest BCUT2D eigenvalue weighted by molar-refractivity contribution is 5.97. The molecule has 7 nitrogen and oxygen atoms in total. The number of benzene rings is 7. The Balaban J connectivity index is 1.09. The maximum Gasteiger partial charge on any atom is 0.333 e. The minimum atomic E-state index is -1.24. The number of aliphatic carboxylic acids is 2. The van der Waals surface area contributed by atoms with E-state index in [9.17, 15) is 19.8 Å². The zero-order chi connectivity index (χ0) is 41.5. The fourth-order valence-corrected chi connectivity index (χ4v) is 6.89. The van der Waals surface area contributed by atoms with Gasteiger partial charge in [0, 0.05) is 17.1 Å². The molecule has 284 valence electrons. The highest BCUT2D eigenvalue weighted by Gasteiger charge is 2.15. The lowest BCUT2D eigenvalue weighted by molar-refractivity contribution is -0.133. The summed E-state index contributed by atoms with van der Waals surface area (Å²) in [4.78, 5) is 31.0. The molecular formula is C52H37N3O4. The average molecular weight is 768 g/mol. The standard InChI is InChI=1S/C52H37N3O4/c1-34-5-26-50(35(2)27-34)55(46-22-14-36(15-23-46)6-8-38-10-18-44-30-40(12-20-42(44)28-38)32-48(53-3)51(56)57)47-24-16-37(17-25-47)7-9-39-11-19-45-31-41(13-21-43(45)29-39)33-49(54-4)52(58)59/h5-33H,1-2H3,(H,56,57)(H,58,59)/b8-6+,9-7+,48-32-,49-33-. The van der Waals surface area contributed by atoms with Crippen LogP contribution in [-0.4, -0.2) is 22.2 Å². The van der Waals surface area contributed by atoms with E-state index in [2.05, 4.69) is 132 Å². The molecule has 0 aromatic heterocycles. The monoisotopic (exact) mass is 767 g/mol. The normalized spacial score (nSPS) is 11.9. The molecule has 7 heteroatoms. The van der Waals surface area contributed by atoms with E-state index in [4.69, 9.17) is 13.1 Å². The molecule has 2 N–H and O–H groups in total. The molecule has 0 atom stereocenters. The first-order valence-corrected chi connectivity index (χ1v) is 18.7. The average Bonchev–Trinajstić information content (AvgIpc) is 3.24. The molecule has 0 amide bonds. The zero-order valence-corrected chi connectivity index (χ0v) is 32.3. The van der Waals surface area contributed by atoms with E-state index in [0.717, 1.165) is 60.9 Å². The molecule has 0 aliphatic rings. The number of hydrogen-bond acceptors (Lipinski definition) is 3. The van der Waals surface area contributed by atoms with Gasteiger partial charge in [0.15, 0.2) is 0 Å². The molecule has 0 saturated heterocycles. The van der Waals surface area contributed by atoms with E-state index in [-0.39, 0.29) is 11.4 Å². The summed E-state index contributed by atoms with van der Waals surface area (Å²) in [6.07, 6.45) is 11.1. The lowest BCUT2D eigenvalue weighted by atomic mass is 10.0. The Bertz CT molecular complexity index is 2800. The molecule has 0 spiro atoms. The van der Waals surface area contributed by atoms with Crippen LogP contribution in [0, 0.1) is 27.0 Å². The van der Waals surface area contributed by atoms with Crippen molar-refractivity contribution in [2.24, 2.45) is 0 Å². The van der Waals surface area contributed by atoms with Crippen molar-refractivity contribution in [1.82, 2.24) is 0 Å². The molecule has 0 saturated carbocycles. The molecule has 0 bridgehead atoms. The van der Waals surface area contributed by atoms with Crippen LogP contribution in [0.25, 0.3) is 67.7 Å². The van der Waals surface area contributed by atoms with E-state index in [1.807, 2.05) is 60.7 Å². The van der Waals surface area contributed by atoms with Crippen LogP contribution in [0.2, 0.25) is 0 Å².